The Morgan fingerprint density at radius 1 is 1.00 bits per heavy atom. The number of thiophene rings is 2. The van der Waals surface area contributed by atoms with Gasteiger partial charge in [0, 0.05) is 0 Å². The molecule has 0 radical (unpaired) electrons. The molecule has 4 N–H and O–H groups in total. The predicted octanol–water partition coefficient (Wildman–Crippen LogP) is 2.61. The fourth-order valence-corrected chi connectivity index (χ4v) is 3.23. The average Bonchev–Trinajstić information content (AvgIpc) is 3.11. The molecule has 3 heterocycles. The van der Waals surface area contributed by atoms with Crippen molar-refractivity contribution < 1.29 is 4.79 Å². The van der Waals surface area contributed by atoms with Gasteiger partial charge in [-0.15, -0.1) is 22.7 Å². The van der Waals surface area contributed by atoms with E-state index in [9.17, 15) is 4.79 Å². The normalized spacial score (nSPS) is 10.6. The molecule has 1 amide bonds. The van der Waals surface area contributed by atoms with Gasteiger partial charge in [0.2, 0.25) is 0 Å². The Hall–Kier alpha value is -2.25. The maximum atomic E-state index is 11.4. The summed E-state index contributed by atoms with van der Waals surface area (Å²) in [6.45, 7) is 0. The molecule has 0 aliphatic rings. The Labute approximate surface area is 122 Å². The van der Waals surface area contributed by atoms with Gasteiger partial charge < -0.3 is 11.5 Å². The lowest BCUT2D eigenvalue weighted by Crippen LogP contribution is -2.17. The van der Waals surface area contributed by atoms with E-state index in [0.717, 1.165) is 9.75 Å². The molecule has 5 nitrogen and oxygen atoms in total. The van der Waals surface area contributed by atoms with E-state index in [1.54, 1.807) is 11.3 Å². The van der Waals surface area contributed by atoms with Crippen LogP contribution < -0.4 is 11.5 Å². The lowest BCUT2D eigenvalue weighted by atomic mass is 10.2. The standard InChI is InChI=1S/C13H10N4OS2/c14-12-11(13(15)18)16-9(7-3-1-5-19-7)10(17-12)8-4-2-6-20-8/h1-6H,(H2,14,17)(H2,15,18). The van der Waals surface area contributed by atoms with E-state index in [0.29, 0.717) is 11.4 Å². The van der Waals surface area contributed by atoms with Crippen molar-refractivity contribution in [2.24, 2.45) is 5.73 Å². The maximum absolute atomic E-state index is 11.4. The number of nitrogens with two attached hydrogens (primary N) is 2. The highest BCUT2D eigenvalue weighted by Crippen LogP contribution is 2.35. The van der Waals surface area contributed by atoms with E-state index in [2.05, 4.69) is 9.97 Å². The molecule has 0 aliphatic heterocycles. The molecule has 0 aliphatic carbocycles. The smallest absolute Gasteiger partial charge is 0.271 e. The quantitative estimate of drug-likeness (QED) is 0.777. The number of hydrogen-bond acceptors (Lipinski definition) is 6. The summed E-state index contributed by atoms with van der Waals surface area (Å²) in [6.07, 6.45) is 0. The summed E-state index contributed by atoms with van der Waals surface area (Å²) >= 11 is 3.06. The second-order valence-corrected chi connectivity index (χ2v) is 5.87. The van der Waals surface area contributed by atoms with Gasteiger partial charge in [0.25, 0.3) is 5.91 Å². The number of nitrogen functional groups attached to an aromatic ring is 1. The molecule has 3 aromatic heterocycles. The minimum Gasteiger partial charge on any atom is -0.382 e. The van der Waals surface area contributed by atoms with Crippen molar-refractivity contribution in [2.75, 3.05) is 5.73 Å². The van der Waals surface area contributed by atoms with Crippen LogP contribution in [0.2, 0.25) is 0 Å². The zero-order valence-corrected chi connectivity index (χ0v) is 11.9. The molecular formula is C13H10N4OS2. The van der Waals surface area contributed by atoms with Crippen LogP contribution in [0.25, 0.3) is 21.1 Å². The van der Waals surface area contributed by atoms with Crippen LogP contribution in [0.4, 0.5) is 5.82 Å². The molecule has 0 bridgehead atoms. The van der Waals surface area contributed by atoms with Gasteiger partial charge in [-0.2, -0.15) is 0 Å². The first-order valence-electron chi connectivity index (χ1n) is 5.72. The second kappa shape index (κ2) is 5.03. The third kappa shape index (κ3) is 2.17. The van der Waals surface area contributed by atoms with Crippen LogP contribution in [0.3, 0.4) is 0 Å². The van der Waals surface area contributed by atoms with Crippen LogP contribution in [0.5, 0.6) is 0 Å². The second-order valence-electron chi connectivity index (χ2n) is 3.97. The topological polar surface area (TPSA) is 94.9 Å². The van der Waals surface area contributed by atoms with Crippen molar-refractivity contribution in [3.05, 3.63) is 40.7 Å². The molecular weight excluding hydrogens is 292 g/mol. The number of aromatic nitrogens is 2. The fraction of sp³-hybridized carbons (Fsp3) is 0. The highest BCUT2D eigenvalue weighted by Gasteiger charge is 2.19. The first-order valence-corrected chi connectivity index (χ1v) is 7.48. The third-order valence-electron chi connectivity index (χ3n) is 2.67. The van der Waals surface area contributed by atoms with Crippen LogP contribution in [-0.4, -0.2) is 15.9 Å². The molecule has 0 aromatic carbocycles. The Morgan fingerprint density at radius 2 is 1.55 bits per heavy atom. The zero-order valence-electron chi connectivity index (χ0n) is 10.2. The van der Waals surface area contributed by atoms with Crippen LogP contribution in [0.15, 0.2) is 35.0 Å². The lowest BCUT2D eigenvalue weighted by Gasteiger charge is -2.08. The summed E-state index contributed by atoms with van der Waals surface area (Å²) < 4.78 is 0. The minimum absolute atomic E-state index is 0.00806. The molecule has 20 heavy (non-hydrogen) atoms. The van der Waals surface area contributed by atoms with E-state index < -0.39 is 5.91 Å². The molecule has 7 heteroatoms. The van der Waals surface area contributed by atoms with Gasteiger partial charge in [0.15, 0.2) is 11.5 Å². The largest absolute Gasteiger partial charge is 0.382 e. The number of carbonyl (C=O) groups is 1. The maximum Gasteiger partial charge on any atom is 0.271 e. The third-order valence-corrected chi connectivity index (χ3v) is 4.42. The molecule has 100 valence electrons. The molecule has 0 fully saturated rings. The van der Waals surface area contributed by atoms with Crippen LogP contribution in [0.1, 0.15) is 10.5 Å². The summed E-state index contributed by atoms with van der Waals surface area (Å²) in [6, 6.07) is 7.71. The number of rotatable bonds is 3. The predicted molar refractivity (Wildman–Crippen MR) is 81.6 cm³/mol. The lowest BCUT2D eigenvalue weighted by molar-refractivity contribution is 0.0996. The first kappa shape index (κ1) is 12.8. The summed E-state index contributed by atoms with van der Waals surface area (Å²) in [5.41, 5.74) is 12.4. The average molecular weight is 302 g/mol. The first-order chi connectivity index (χ1) is 9.66. The van der Waals surface area contributed by atoms with Gasteiger partial charge >= 0.3 is 0 Å². The number of hydrogen-bond donors (Lipinski definition) is 2. The van der Waals surface area contributed by atoms with E-state index >= 15 is 0 Å². The van der Waals surface area contributed by atoms with E-state index in [1.807, 2.05) is 35.0 Å². The minimum atomic E-state index is -0.675. The molecule has 3 aromatic rings. The Balaban J connectivity index is 2.28. The Kier molecular flexibility index (Phi) is 3.21. The molecule has 3 rings (SSSR count). The van der Waals surface area contributed by atoms with Crippen LogP contribution in [0, 0.1) is 0 Å². The Morgan fingerprint density at radius 3 is 2.00 bits per heavy atom. The molecule has 0 spiro atoms. The summed E-state index contributed by atoms with van der Waals surface area (Å²) in [5, 5.41) is 3.89. The summed E-state index contributed by atoms with van der Waals surface area (Å²) in [4.78, 5) is 21.9. The fourth-order valence-electron chi connectivity index (χ4n) is 1.80. The van der Waals surface area contributed by atoms with Crippen LogP contribution >= 0.6 is 22.7 Å². The van der Waals surface area contributed by atoms with Gasteiger partial charge in [-0.1, -0.05) is 12.1 Å². The summed E-state index contributed by atoms with van der Waals surface area (Å²) in [5.74, 6) is -0.619. The molecule has 0 saturated carbocycles. The van der Waals surface area contributed by atoms with Crippen molar-refractivity contribution in [3.63, 3.8) is 0 Å². The van der Waals surface area contributed by atoms with Gasteiger partial charge in [-0.25, -0.2) is 9.97 Å². The van der Waals surface area contributed by atoms with Gasteiger partial charge in [-0.05, 0) is 22.9 Å². The zero-order chi connectivity index (χ0) is 14.1. The number of amides is 1. The monoisotopic (exact) mass is 302 g/mol. The van der Waals surface area contributed by atoms with E-state index in [4.69, 9.17) is 11.5 Å². The number of primary amides is 1. The molecule has 0 saturated heterocycles. The highest BCUT2D eigenvalue weighted by molar-refractivity contribution is 7.14. The van der Waals surface area contributed by atoms with Crippen LogP contribution in [-0.2, 0) is 0 Å². The van der Waals surface area contributed by atoms with E-state index in [-0.39, 0.29) is 11.5 Å². The highest BCUT2D eigenvalue weighted by atomic mass is 32.1. The van der Waals surface area contributed by atoms with Crippen molar-refractivity contribution >= 4 is 34.4 Å². The molecule has 0 unspecified atom stereocenters. The number of carbonyl (C=O) groups excluding carboxylic acids is 1. The van der Waals surface area contributed by atoms with Crippen molar-refractivity contribution in [1.29, 1.82) is 0 Å². The number of nitrogens with zero attached hydrogens (tertiary/aromatic N) is 2. The SMILES string of the molecule is NC(=O)c1nc(-c2cccs2)c(-c2cccs2)nc1N. The van der Waals surface area contributed by atoms with Crippen molar-refractivity contribution in [2.45, 2.75) is 0 Å². The molecule has 0 atom stereocenters. The van der Waals surface area contributed by atoms with Gasteiger partial charge in [0.1, 0.15) is 11.4 Å². The van der Waals surface area contributed by atoms with Gasteiger partial charge in [0.05, 0.1) is 9.75 Å². The number of anilines is 1. The Bertz CT molecular complexity index is 751. The van der Waals surface area contributed by atoms with Crippen molar-refractivity contribution in [3.8, 4) is 21.1 Å². The van der Waals surface area contributed by atoms with Crippen molar-refractivity contribution in [1.82, 2.24) is 9.97 Å². The van der Waals surface area contributed by atoms with Gasteiger partial charge in [-0.3, -0.25) is 4.79 Å². The summed E-state index contributed by atoms with van der Waals surface area (Å²) in [7, 11) is 0. The van der Waals surface area contributed by atoms with E-state index in [1.165, 1.54) is 11.3 Å².